The number of rotatable bonds is 2. The Morgan fingerprint density at radius 2 is 2.47 bits per heavy atom. The molecule has 3 N–H and O–H groups in total. The third-order valence-electron chi connectivity index (χ3n) is 3.19. The minimum Gasteiger partial charge on any atom is -0.375 e. The van der Waals surface area contributed by atoms with Crippen molar-refractivity contribution in [3.63, 3.8) is 0 Å². The maximum atomic E-state index is 5.73. The molecule has 1 aromatic heterocycles. The summed E-state index contributed by atoms with van der Waals surface area (Å²) in [5.74, 6) is 2.62. The van der Waals surface area contributed by atoms with E-state index in [1.165, 1.54) is 15.8 Å². The zero-order valence-corrected chi connectivity index (χ0v) is 10.2. The second kappa shape index (κ2) is 4.02. The number of nitrogens with one attached hydrogen (secondary N) is 1. The van der Waals surface area contributed by atoms with Crippen LogP contribution in [-0.2, 0) is 6.42 Å². The fourth-order valence-electron chi connectivity index (χ4n) is 2.44. The molecule has 0 amide bonds. The summed E-state index contributed by atoms with van der Waals surface area (Å²) in [7, 11) is 0. The molecule has 0 saturated heterocycles. The smallest absolute Gasteiger partial charge is 0.181 e. The Morgan fingerprint density at radius 3 is 3.29 bits per heavy atom. The monoisotopic (exact) mass is 243 g/mol. The average Bonchev–Trinajstić information content (AvgIpc) is 2.85. The van der Waals surface area contributed by atoms with E-state index in [2.05, 4.69) is 28.4 Å². The van der Waals surface area contributed by atoms with E-state index in [0.717, 1.165) is 18.4 Å². The van der Waals surface area contributed by atoms with Crippen LogP contribution in [0.25, 0.3) is 10.2 Å². The molecule has 1 aliphatic carbocycles. The van der Waals surface area contributed by atoms with Gasteiger partial charge in [-0.2, -0.15) is 0 Å². The van der Waals surface area contributed by atoms with E-state index < -0.39 is 0 Å². The van der Waals surface area contributed by atoms with Gasteiger partial charge in [-0.15, -0.1) is 6.42 Å². The normalized spacial score (nSPS) is 18.2. The van der Waals surface area contributed by atoms with Gasteiger partial charge in [0, 0.05) is 6.04 Å². The van der Waals surface area contributed by atoms with Gasteiger partial charge in [-0.1, -0.05) is 17.3 Å². The van der Waals surface area contributed by atoms with Crippen LogP contribution in [0.4, 0.5) is 5.13 Å². The molecule has 0 saturated carbocycles. The number of nitrogens with zero attached hydrogens (tertiary/aromatic N) is 1. The van der Waals surface area contributed by atoms with Gasteiger partial charge in [0.15, 0.2) is 5.13 Å². The van der Waals surface area contributed by atoms with Crippen molar-refractivity contribution in [3.8, 4) is 12.3 Å². The molecule has 1 aliphatic rings. The van der Waals surface area contributed by atoms with E-state index in [0.29, 0.717) is 17.7 Å². The number of aryl methyl sites for hydroxylation is 1. The topological polar surface area (TPSA) is 50.9 Å². The summed E-state index contributed by atoms with van der Waals surface area (Å²) < 4.78 is 1.18. The lowest BCUT2D eigenvalue weighted by Gasteiger charge is -2.11. The van der Waals surface area contributed by atoms with E-state index in [4.69, 9.17) is 12.2 Å². The molecule has 0 bridgehead atoms. The van der Waals surface area contributed by atoms with Gasteiger partial charge in [-0.3, -0.25) is 5.32 Å². The molecule has 0 spiro atoms. The van der Waals surface area contributed by atoms with E-state index in [-0.39, 0.29) is 0 Å². The van der Waals surface area contributed by atoms with Crippen LogP contribution in [0.2, 0.25) is 0 Å². The highest BCUT2D eigenvalue weighted by Gasteiger charge is 2.22. The van der Waals surface area contributed by atoms with Crippen molar-refractivity contribution >= 4 is 26.7 Å². The lowest BCUT2D eigenvalue weighted by molar-refractivity contribution is 0.568. The minimum atomic E-state index is 0.369. The zero-order chi connectivity index (χ0) is 11.8. The number of hydrogen-bond acceptors (Lipinski definition) is 4. The molecule has 1 aromatic carbocycles. The van der Waals surface area contributed by atoms with Crippen molar-refractivity contribution in [1.82, 2.24) is 10.3 Å². The quantitative estimate of drug-likeness (QED) is 0.794. The van der Waals surface area contributed by atoms with Crippen LogP contribution in [-0.4, -0.2) is 11.5 Å². The molecule has 0 unspecified atom stereocenters. The maximum Gasteiger partial charge on any atom is 0.181 e. The molecule has 2 aromatic rings. The molecule has 17 heavy (non-hydrogen) atoms. The minimum absolute atomic E-state index is 0.369. The van der Waals surface area contributed by atoms with Gasteiger partial charge in [0.05, 0.1) is 16.8 Å². The number of terminal acetylenes is 1. The lowest BCUT2D eigenvalue weighted by atomic mass is 10.1. The summed E-state index contributed by atoms with van der Waals surface area (Å²) >= 11 is 1.55. The summed E-state index contributed by atoms with van der Waals surface area (Å²) in [4.78, 5) is 4.33. The first-order valence-electron chi connectivity index (χ1n) is 5.63. The van der Waals surface area contributed by atoms with Crippen molar-refractivity contribution in [1.29, 1.82) is 0 Å². The molecule has 3 rings (SSSR count). The zero-order valence-electron chi connectivity index (χ0n) is 9.36. The predicted octanol–water partition coefficient (Wildman–Crippen LogP) is 2.09. The Balaban J connectivity index is 2.02. The highest BCUT2D eigenvalue weighted by atomic mass is 32.1. The van der Waals surface area contributed by atoms with E-state index in [9.17, 15) is 0 Å². The molecule has 0 fully saturated rings. The summed E-state index contributed by atoms with van der Waals surface area (Å²) in [6.07, 6.45) is 7.50. The van der Waals surface area contributed by atoms with Crippen LogP contribution in [0, 0.1) is 12.3 Å². The largest absolute Gasteiger partial charge is 0.375 e. The molecule has 86 valence electrons. The van der Waals surface area contributed by atoms with Crippen molar-refractivity contribution in [3.05, 3.63) is 23.3 Å². The third-order valence-corrected chi connectivity index (χ3v) is 4.04. The Morgan fingerprint density at radius 1 is 1.59 bits per heavy atom. The standard InChI is InChI=1S/C13H13N3S/c1-2-5-15-10-4-3-8-6-12-11(7-9(8)10)16-13(14)17-12/h1,6-7,10,15H,3-5H2,(H2,14,16)/t10-/m0/s1. The molecular weight excluding hydrogens is 230 g/mol. The van der Waals surface area contributed by atoms with Crippen LogP contribution in [0.3, 0.4) is 0 Å². The van der Waals surface area contributed by atoms with Crippen molar-refractivity contribution in [2.75, 3.05) is 12.3 Å². The van der Waals surface area contributed by atoms with Crippen LogP contribution in [0.5, 0.6) is 0 Å². The number of fused-ring (bicyclic) bond motifs is 2. The fourth-order valence-corrected chi connectivity index (χ4v) is 3.22. The summed E-state index contributed by atoms with van der Waals surface area (Å²) in [5.41, 5.74) is 9.46. The number of thiazole rings is 1. The van der Waals surface area contributed by atoms with Crippen LogP contribution in [0.1, 0.15) is 23.6 Å². The van der Waals surface area contributed by atoms with Gasteiger partial charge in [-0.25, -0.2) is 4.98 Å². The highest BCUT2D eigenvalue weighted by molar-refractivity contribution is 7.22. The fraction of sp³-hybridized carbons (Fsp3) is 0.308. The number of hydrogen-bond donors (Lipinski definition) is 2. The van der Waals surface area contributed by atoms with E-state index in [1.54, 1.807) is 11.3 Å². The first kappa shape index (κ1) is 10.6. The average molecular weight is 243 g/mol. The Labute approximate surface area is 104 Å². The highest BCUT2D eigenvalue weighted by Crippen LogP contribution is 2.36. The number of nitrogen functional groups attached to an aromatic ring is 1. The summed E-state index contributed by atoms with van der Waals surface area (Å²) in [6, 6.07) is 4.74. The number of nitrogens with two attached hydrogens (primary N) is 1. The predicted molar refractivity (Wildman–Crippen MR) is 71.9 cm³/mol. The van der Waals surface area contributed by atoms with E-state index >= 15 is 0 Å². The van der Waals surface area contributed by atoms with Gasteiger partial charge < -0.3 is 5.73 Å². The van der Waals surface area contributed by atoms with Crippen LogP contribution in [0.15, 0.2) is 12.1 Å². The Bertz CT molecular complexity index is 609. The lowest BCUT2D eigenvalue weighted by Crippen LogP contribution is -2.19. The second-order valence-electron chi connectivity index (χ2n) is 4.25. The summed E-state index contributed by atoms with van der Waals surface area (Å²) in [6.45, 7) is 0.612. The molecule has 1 atom stereocenters. The Kier molecular flexibility index (Phi) is 2.50. The first-order chi connectivity index (χ1) is 8.28. The number of benzene rings is 1. The van der Waals surface area contributed by atoms with Crippen molar-refractivity contribution in [2.24, 2.45) is 0 Å². The first-order valence-corrected chi connectivity index (χ1v) is 6.45. The number of aromatic nitrogens is 1. The number of anilines is 1. The molecule has 1 heterocycles. The second-order valence-corrected chi connectivity index (χ2v) is 5.31. The van der Waals surface area contributed by atoms with E-state index in [1.807, 2.05) is 0 Å². The van der Waals surface area contributed by atoms with Crippen LogP contribution >= 0.6 is 11.3 Å². The molecule has 0 aliphatic heterocycles. The van der Waals surface area contributed by atoms with Crippen molar-refractivity contribution in [2.45, 2.75) is 18.9 Å². The Hall–Kier alpha value is -1.57. The molecule has 0 radical (unpaired) electrons. The maximum absolute atomic E-state index is 5.73. The van der Waals surface area contributed by atoms with Crippen LogP contribution < -0.4 is 11.1 Å². The molecular formula is C13H13N3S. The van der Waals surface area contributed by atoms with Gasteiger partial charge in [0.2, 0.25) is 0 Å². The molecule has 4 heteroatoms. The summed E-state index contributed by atoms with van der Waals surface area (Å²) in [5, 5.41) is 4.00. The SMILES string of the molecule is C#CCN[C@H]1CCc2cc3sc(N)nc3cc21. The van der Waals surface area contributed by atoms with Gasteiger partial charge in [0.25, 0.3) is 0 Å². The third kappa shape index (κ3) is 1.78. The van der Waals surface area contributed by atoms with Gasteiger partial charge in [0.1, 0.15) is 0 Å². The molecule has 3 nitrogen and oxygen atoms in total. The van der Waals surface area contributed by atoms with Gasteiger partial charge >= 0.3 is 0 Å². The van der Waals surface area contributed by atoms with Gasteiger partial charge in [-0.05, 0) is 36.1 Å². The van der Waals surface area contributed by atoms with Crippen molar-refractivity contribution < 1.29 is 0 Å².